The number of aromatic nitrogens is 3. The van der Waals surface area contributed by atoms with E-state index in [2.05, 4.69) is 9.55 Å². The van der Waals surface area contributed by atoms with Gasteiger partial charge in [0.25, 0.3) is 0 Å². The molecule has 184 valence electrons. The molecule has 8 nitrogen and oxygen atoms in total. The van der Waals surface area contributed by atoms with Gasteiger partial charge in [-0.3, -0.25) is 9.78 Å². The number of rotatable bonds is 11. The van der Waals surface area contributed by atoms with Crippen LogP contribution in [0.3, 0.4) is 0 Å². The highest BCUT2D eigenvalue weighted by Gasteiger charge is 2.23. The number of amides is 1. The quantitative estimate of drug-likeness (QED) is 0.412. The molecule has 3 aromatic rings. The lowest BCUT2D eigenvalue weighted by molar-refractivity contribution is -0.133. The predicted molar refractivity (Wildman–Crippen MR) is 134 cm³/mol. The number of nitrogens with zero attached hydrogens (tertiary/aromatic N) is 5. The molecule has 0 spiro atoms. The number of hydrogen-bond acceptors (Lipinski definition) is 5. The van der Waals surface area contributed by atoms with E-state index in [0.29, 0.717) is 44.5 Å². The van der Waals surface area contributed by atoms with Gasteiger partial charge >= 0.3 is 0 Å². The molecule has 0 radical (unpaired) electrons. The topological polar surface area (TPSA) is 88.4 Å². The largest absolute Gasteiger partial charge is 0.336 e. The second kappa shape index (κ2) is 11.1. The zero-order valence-electron chi connectivity index (χ0n) is 20.7. The standard InChI is InChI=1S/C25H35N5O3S/c1-6-28(7-2)34(32,33)21-11-12-23-22(16-21)27-24(29(23)8-3)13-14-25(31)30(19(4)5)18-20-10-9-15-26-17-20/h9-12,15-17,19H,6-8,13-14,18H2,1-5H3. The van der Waals surface area contributed by atoms with Crippen LogP contribution in [0.25, 0.3) is 11.0 Å². The predicted octanol–water partition coefficient (Wildman–Crippen LogP) is 3.85. The van der Waals surface area contributed by atoms with Crippen LogP contribution in [0.15, 0.2) is 47.6 Å². The van der Waals surface area contributed by atoms with E-state index in [0.717, 1.165) is 16.9 Å². The first-order valence-corrected chi connectivity index (χ1v) is 13.3. The molecule has 0 bridgehead atoms. The Kier molecular flexibility index (Phi) is 8.43. The van der Waals surface area contributed by atoms with E-state index in [1.165, 1.54) is 4.31 Å². The Morgan fingerprint density at radius 2 is 1.85 bits per heavy atom. The third-order valence-corrected chi connectivity index (χ3v) is 8.09. The Balaban J connectivity index is 1.83. The number of imidazole rings is 1. The minimum absolute atomic E-state index is 0.0540. The Morgan fingerprint density at radius 3 is 2.44 bits per heavy atom. The average Bonchev–Trinajstić information content (AvgIpc) is 3.18. The van der Waals surface area contributed by atoms with Crippen LogP contribution in [0.1, 0.15) is 52.4 Å². The molecule has 0 atom stereocenters. The molecule has 0 aliphatic carbocycles. The summed E-state index contributed by atoms with van der Waals surface area (Å²) >= 11 is 0. The first-order chi connectivity index (χ1) is 16.2. The van der Waals surface area contributed by atoms with Gasteiger partial charge in [0, 0.05) is 57.5 Å². The molecule has 0 aliphatic rings. The molecule has 3 rings (SSSR count). The van der Waals surface area contributed by atoms with Gasteiger partial charge in [-0.15, -0.1) is 0 Å². The van der Waals surface area contributed by atoms with E-state index in [1.807, 2.05) is 57.7 Å². The maximum atomic E-state index is 13.1. The number of aryl methyl sites for hydroxylation is 2. The lowest BCUT2D eigenvalue weighted by Crippen LogP contribution is -2.36. The second-order valence-electron chi connectivity index (χ2n) is 8.49. The van der Waals surface area contributed by atoms with Crippen LogP contribution in [0.2, 0.25) is 0 Å². The molecule has 0 N–H and O–H groups in total. The van der Waals surface area contributed by atoms with Crippen LogP contribution in [0.4, 0.5) is 0 Å². The zero-order chi connectivity index (χ0) is 24.9. The van der Waals surface area contributed by atoms with Gasteiger partial charge in [0.2, 0.25) is 15.9 Å². The summed E-state index contributed by atoms with van der Waals surface area (Å²) < 4.78 is 29.4. The van der Waals surface area contributed by atoms with Crippen LogP contribution in [-0.4, -0.2) is 57.2 Å². The molecule has 34 heavy (non-hydrogen) atoms. The van der Waals surface area contributed by atoms with E-state index in [1.54, 1.807) is 24.5 Å². The lowest BCUT2D eigenvalue weighted by atomic mass is 10.2. The van der Waals surface area contributed by atoms with Crippen LogP contribution >= 0.6 is 0 Å². The fourth-order valence-corrected chi connectivity index (χ4v) is 5.66. The van der Waals surface area contributed by atoms with E-state index >= 15 is 0 Å². The Hall–Kier alpha value is -2.78. The van der Waals surface area contributed by atoms with Gasteiger partial charge in [-0.25, -0.2) is 13.4 Å². The summed E-state index contributed by atoms with van der Waals surface area (Å²) in [5.41, 5.74) is 2.50. The summed E-state index contributed by atoms with van der Waals surface area (Å²) in [4.78, 5) is 24.1. The van der Waals surface area contributed by atoms with Gasteiger partial charge in [-0.1, -0.05) is 19.9 Å². The smallest absolute Gasteiger partial charge is 0.243 e. The van der Waals surface area contributed by atoms with Crippen LogP contribution in [0.5, 0.6) is 0 Å². The third kappa shape index (κ3) is 5.47. The number of carbonyl (C=O) groups excluding carboxylic acids is 1. The summed E-state index contributed by atoms with van der Waals surface area (Å²) in [5, 5.41) is 0. The van der Waals surface area contributed by atoms with Gasteiger partial charge in [-0.2, -0.15) is 4.31 Å². The normalized spacial score (nSPS) is 12.1. The molecule has 1 amide bonds. The Bertz CT molecular complexity index is 1220. The number of benzene rings is 1. The number of pyridine rings is 1. The average molecular weight is 486 g/mol. The summed E-state index contributed by atoms with van der Waals surface area (Å²) in [6.45, 7) is 11.7. The van der Waals surface area contributed by atoms with Crippen molar-refractivity contribution in [2.45, 2.75) is 71.5 Å². The molecule has 0 aliphatic heterocycles. The van der Waals surface area contributed by atoms with Crippen LogP contribution < -0.4 is 0 Å². The number of fused-ring (bicyclic) bond motifs is 1. The maximum absolute atomic E-state index is 13.1. The van der Waals surface area contributed by atoms with Crippen molar-refractivity contribution < 1.29 is 13.2 Å². The minimum Gasteiger partial charge on any atom is -0.336 e. The van der Waals surface area contributed by atoms with Crippen LogP contribution in [-0.2, 0) is 34.3 Å². The van der Waals surface area contributed by atoms with Gasteiger partial charge < -0.3 is 9.47 Å². The molecule has 2 aromatic heterocycles. The van der Waals surface area contributed by atoms with Crippen molar-refractivity contribution >= 4 is 27.0 Å². The van der Waals surface area contributed by atoms with Crippen molar-refractivity contribution in [2.75, 3.05) is 13.1 Å². The van der Waals surface area contributed by atoms with Crippen LogP contribution in [0, 0.1) is 0 Å². The van der Waals surface area contributed by atoms with Crippen molar-refractivity contribution in [3.05, 3.63) is 54.1 Å². The van der Waals surface area contributed by atoms with Crippen molar-refractivity contribution in [2.24, 2.45) is 0 Å². The van der Waals surface area contributed by atoms with Crippen molar-refractivity contribution in [1.29, 1.82) is 0 Å². The van der Waals surface area contributed by atoms with E-state index < -0.39 is 10.0 Å². The summed E-state index contributed by atoms with van der Waals surface area (Å²) in [6.07, 6.45) is 4.31. The fourth-order valence-electron chi connectivity index (χ4n) is 4.19. The minimum atomic E-state index is -3.56. The highest BCUT2D eigenvalue weighted by molar-refractivity contribution is 7.89. The SMILES string of the molecule is CCN(CC)S(=O)(=O)c1ccc2c(c1)nc(CCC(=O)N(Cc1cccnc1)C(C)C)n2CC. The third-order valence-electron chi connectivity index (χ3n) is 6.04. The van der Waals surface area contributed by atoms with E-state index in [9.17, 15) is 13.2 Å². The molecule has 0 saturated heterocycles. The molecular formula is C25H35N5O3S. The number of sulfonamides is 1. The summed E-state index contributed by atoms with van der Waals surface area (Å²) in [7, 11) is -3.56. The Labute approximate surface area is 202 Å². The van der Waals surface area contributed by atoms with Crippen molar-refractivity contribution in [3.63, 3.8) is 0 Å². The maximum Gasteiger partial charge on any atom is 0.243 e. The zero-order valence-corrected chi connectivity index (χ0v) is 21.5. The number of hydrogen-bond donors (Lipinski definition) is 0. The van der Waals surface area contributed by atoms with Gasteiger partial charge in [0.05, 0.1) is 15.9 Å². The van der Waals surface area contributed by atoms with Gasteiger partial charge in [-0.05, 0) is 50.6 Å². The Morgan fingerprint density at radius 1 is 1.12 bits per heavy atom. The molecule has 0 unspecified atom stereocenters. The first-order valence-electron chi connectivity index (χ1n) is 11.9. The van der Waals surface area contributed by atoms with Crippen molar-refractivity contribution in [3.8, 4) is 0 Å². The van der Waals surface area contributed by atoms with Gasteiger partial charge in [0.1, 0.15) is 5.82 Å². The number of carbonyl (C=O) groups is 1. The highest BCUT2D eigenvalue weighted by Crippen LogP contribution is 2.24. The van der Waals surface area contributed by atoms with Gasteiger partial charge in [0.15, 0.2) is 0 Å². The molecular weight excluding hydrogens is 450 g/mol. The highest BCUT2D eigenvalue weighted by atomic mass is 32.2. The summed E-state index contributed by atoms with van der Waals surface area (Å²) in [5.74, 6) is 0.840. The first kappa shape index (κ1) is 25.8. The second-order valence-corrected chi connectivity index (χ2v) is 10.4. The molecule has 2 heterocycles. The van der Waals surface area contributed by atoms with E-state index in [4.69, 9.17) is 4.98 Å². The summed E-state index contributed by atoms with van der Waals surface area (Å²) in [6, 6.07) is 9.00. The lowest BCUT2D eigenvalue weighted by Gasteiger charge is -2.27. The molecule has 0 fully saturated rings. The molecule has 1 aromatic carbocycles. The van der Waals surface area contributed by atoms with E-state index in [-0.39, 0.29) is 16.8 Å². The van der Waals surface area contributed by atoms with Crippen molar-refractivity contribution in [1.82, 2.24) is 23.7 Å². The fraction of sp³-hybridized carbons (Fsp3) is 0.480. The monoisotopic (exact) mass is 485 g/mol. The molecule has 9 heteroatoms. The molecule has 0 saturated carbocycles.